The van der Waals surface area contributed by atoms with Crippen molar-refractivity contribution in [2.45, 2.75) is 78.2 Å². The van der Waals surface area contributed by atoms with Crippen molar-refractivity contribution >= 4 is 0 Å². The molecule has 0 radical (unpaired) electrons. The first-order valence-electron chi connectivity index (χ1n) is 8.86. The van der Waals surface area contributed by atoms with E-state index in [0.29, 0.717) is 5.41 Å². The summed E-state index contributed by atoms with van der Waals surface area (Å²) in [5.74, 6) is 0.911. The number of nitrogens with one attached hydrogen (secondary N) is 1. The summed E-state index contributed by atoms with van der Waals surface area (Å²) in [5, 5.41) is 3.82. The summed E-state index contributed by atoms with van der Waals surface area (Å²) >= 11 is 0. The molecule has 1 N–H and O–H groups in total. The largest absolute Gasteiger partial charge is 0.311 e. The van der Waals surface area contributed by atoms with Crippen molar-refractivity contribution in [1.29, 1.82) is 0 Å². The molecular formula is C18H36N2. The van der Waals surface area contributed by atoms with E-state index in [-0.39, 0.29) is 5.54 Å². The van der Waals surface area contributed by atoms with Crippen LogP contribution in [0.4, 0.5) is 0 Å². The highest BCUT2D eigenvalue weighted by Crippen LogP contribution is 2.37. The fourth-order valence-electron chi connectivity index (χ4n) is 3.97. The van der Waals surface area contributed by atoms with E-state index in [1.807, 2.05) is 0 Å². The van der Waals surface area contributed by atoms with Crippen molar-refractivity contribution in [1.82, 2.24) is 10.2 Å². The molecule has 0 aromatic rings. The lowest BCUT2D eigenvalue weighted by atomic mass is 9.79. The van der Waals surface area contributed by atoms with Gasteiger partial charge in [0.15, 0.2) is 0 Å². The monoisotopic (exact) mass is 280 g/mol. The molecule has 20 heavy (non-hydrogen) atoms. The molecule has 1 saturated heterocycles. The molecule has 1 heterocycles. The zero-order chi connectivity index (χ0) is 14.6. The third-order valence-corrected chi connectivity index (χ3v) is 5.22. The Balaban J connectivity index is 1.98. The fraction of sp³-hybridized carbons (Fsp3) is 1.00. The maximum atomic E-state index is 3.82. The van der Waals surface area contributed by atoms with Gasteiger partial charge in [-0.1, -0.05) is 32.6 Å². The minimum absolute atomic E-state index is 0.248. The smallest absolute Gasteiger partial charge is 0.00967 e. The lowest BCUT2D eigenvalue weighted by Crippen LogP contribution is -2.48. The second kappa shape index (κ2) is 6.79. The molecule has 118 valence electrons. The van der Waals surface area contributed by atoms with E-state index in [2.05, 4.69) is 37.9 Å². The zero-order valence-electron chi connectivity index (χ0n) is 14.3. The van der Waals surface area contributed by atoms with E-state index in [1.54, 1.807) is 0 Å². The number of nitrogens with zero attached hydrogens (tertiary/aromatic N) is 1. The minimum Gasteiger partial charge on any atom is -0.311 e. The molecule has 0 aromatic heterocycles. The van der Waals surface area contributed by atoms with Crippen molar-refractivity contribution in [2.75, 3.05) is 26.2 Å². The van der Waals surface area contributed by atoms with E-state index in [9.17, 15) is 0 Å². The zero-order valence-corrected chi connectivity index (χ0v) is 14.3. The Morgan fingerprint density at radius 1 is 1.10 bits per heavy atom. The topological polar surface area (TPSA) is 15.3 Å². The van der Waals surface area contributed by atoms with Gasteiger partial charge in [-0.3, -0.25) is 0 Å². The van der Waals surface area contributed by atoms with Crippen LogP contribution < -0.4 is 5.32 Å². The molecule has 0 amide bonds. The van der Waals surface area contributed by atoms with E-state index in [0.717, 1.165) is 5.92 Å². The van der Waals surface area contributed by atoms with Crippen LogP contribution in [0.15, 0.2) is 0 Å². The van der Waals surface area contributed by atoms with Gasteiger partial charge in [0.05, 0.1) is 0 Å². The molecule has 0 bridgehead atoms. The summed E-state index contributed by atoms with van der Waals surface area (Å²) in [6.45, 7) is 14.5. The number of hydrogen-bond acceptors (Lipinski definition) is 2. The lowest BCUT2D eigenvalue weighted by molar-refractivity contribution is 0.133. The predicted molar refractivity (Wildman–Crippen MR) is 88.1 cm³/mol. The molecule has 1 aliphatic heterocycles. The molecule has 1 aliphatic carbocycles. The van der Waals surface area contributed by atoms with Gasteiger partial charge < -0.3 is 10.2 Å². The first-order chi connectivity index (χ1) is 9.39. The van der Waals surface area contributed by atoms with Crippen LogP contribution in [0.2, 0.25) is 0 Å². The molecule has 1 saturated carbocycles. The van der Waals surface area contributed by atoms with Gasteiger partial charge in [0.25, 0.3) is 0 Å². The Labute approximate surface area is 126 Å². The van der Waals surface area contributed by atoms with Gasteiger partial charge in [-0.25, -0.2) is 0 Å². The van der Waals surface area contributed by atoms with Gasteiger partial charge in [0, 0.05) is 25.2 Å². The summed E-state index contributed by atoms with van der Waals surface area (Å²) in [6, 6.07) is 0. The molecule has 2 heteroatoms. The van der Waals surface area contributed by atoms with Crippen molar-refractivity contribution in [2.24, 2.45) is 11.3 Å². The highest BCUT2D eigenvalue weighted by atomic mass is 15.2. The number of hydrogen-bond donors (Lipinski definition) is 1. The first-order valence-corrected chi connectivity index (χ1v) is 8.86. The van der Waals surface area contributed by atoms with Gasteiger partial charge in [-0.2, -0.15) is 0 Å². The molecule has 2 aliphatic rings. The normalized spacial score (nSPS) is 28.5. The quantitative estimate of drug-likeness (QED) is 0.781. The molecule has 0 aromatic carbocycles. The van der Waals surface area contributed by atoms with Crippen LogP contribution >= 0.6 is 0 Å². The van der Waals surface area contributed by atoms with Crippen LogP contribution in [-0.4, -0.2) is 36.6 Å². The highest BCUT2D eigenvalue weighted by molar-refractivity contribution is 4.90. The summed E-state index contributed by atoms with van der Waals surface area (Å²) in [7, 11) is 0. The van der Waals surface area contributed by atoms with E-state index in [1.165, 1.54) is 71.1 Å². The third-order valence-electron chi connectivity index (χ3n) is 5.22. The molecular weight excluding hydrogens is 244 g/mol. The van der Waals surface area contributed by atoms with Gasteiger partial charge in [0.2, 0.25) is 0 Å². The van der Waals surface area contributed by atoms with Crippen LogP contribution in [0, 0.1) is 11.3 Å². The Morgan fingerprint density at radius 3 is 2.25 bits per heavy atom. The van der Waals surface area contributed by atoms with Crippen molar-refractivity contribution in [3.05, 3.63) is 0 Å². The van der Waals surface area contributed by atoms with Crippen LogP contribution in [0.5, 0.6) is 0 Å². The second-order valence-corrected chi connectivity index (χ2v) is 8.65. The van der Waals surface area contributed by atoms with Crippen molar-refractivity contribution < 1.29 is 0 Å². The van der Waals surface area contributed by atoms with E-state index in [4.69, 9.17) is 0 Å². The summed E-state index contributed by atoms with van der Waals surface area (Å²) in [4.78, 5) is 2.75. The second-order valence-electron chi connectivity index (χ2n) is 8.65. The Bertz CT molecular complexity index is 284. The van der Waals surface area contributed by atoms with Crippen LogP contribution in [0.1, 0.15) is 72.6 Å². The van der Waals surface area contributed by atoms with Gasteiger partial charge in [-0.15, -0.1) is 0 Å². The highest BCUT2D eigenvalue weighted by Gasteiger charge is 2.35. The third kappa shape index (κ3) is 5.04. The van der Waals surface area contributed by atoms with Crippen molar-refractivity contribution in [3.63, 3.8) is 0 Å². The predicted octanol–water partition coefficient (Wildman–Crippen LogP) is 4.06. The molecule has 0 spiro atoms. The van der Waals surface area contributed by atoms with Crippen molar-refractivity contribution in [3.8, 4) is 0 Å². The molecule has 1 atom stereocenters. The van der Waals surface area contributed by atoms with Gasteiger partial charge in [-0.05, 0) is 57.9 Å². The average Bonchev–Trinajstić information content (AvgIpc) is 2.62. The van der Waals surface area contributed by atoms with E-state index >= 15 is 0 Å². The van der Waals surface area contributed by atoms with E-state index < -0.39 is 0 Å². The Kier molecular flexibility index (Phi) is 5.53. The first kappa shape index (κ1) is 16.3. The Hall–Kier alpha value is -0.0800. The maximum absolute atomic E-state index is 3.82. The summed E-state index contributed by atoms with van der Waals surface area (Å²) < 4.78 is 0. The standard InChI is InChI=1S/C18H36N2/c1-16-9-12-20(13-16)15-18(14-19-17(2,3)4)10-7-5-6-8-11-18/h16,19H,5-15H2,1-4H3. The SMILES string of the molecule is CC1CCN(CC2(CNC(C)(C)C)CCCCCC2)C1. The summed E-state index contributed by atoms with van der Waals surface area (Å²) in [6.07, 6.45) is 10.1. The minimum atomic E-state index is 0.248. The molecule has 2 rings (SSSR count). The number of likely N-dealkylation sites (tertiary alicyclic amines) is 1. The molecule has 2 nitrogen and oxygen atoms in total. The average molecular weight is 280 g/mol. The maximum Gasteiger partial charge on any atom is 0.00967 e. The Morgan fingerprint density at radius 2 is 1.75 bits per heavy atom. The van der Waals surface area contributed by atoms with Crippen LogP contribution in [-0.2, 0) is 0 Å². The molecule has 2 fully saturated rings. The number of rotatable bonds is 4. The summed E-state index contributed by atoms with van der Waals surface area (Å²) in [5.41, 5.74) is 0.783. The van der Waals surface area contributed by atoms with Crippen LogP contribution in [0.25, 0.3) is 0 Å². The van der Waals surface area contributed by atoms with Crippen LogP contribution in [0.3, 0.4) is 0 Å². The molecule has 1 unspecified atom stereocenters. The fourth-order valence-corrected chi connectivity index (χ4v) is 3.97. The lowest BCUT2D eigenvalue weighted by Gasteiger charge is -2.39. The van der Waals surface area contributed by atoms with Gasteiger partial charge >= 0.3 is 0 Å². The van der Waals surface area contributed by atoms with Gasteiger partial charge in [0.1, 0.15) is 0 Å².